The van der Waals surface area contributed by atoms with Crippen LogP contribution in [0.25, 0.3) is 22.0 Å². The number of methoxy groups -OCH3 is 2. The molecule has 0 spiro atoms. The molecule has 1 aliphatic carbocycles. The lowest BCUT2D eigenvalue weighted by molar-refractivity contribution is -0.148. The molecule has 11 atom stereocenters. The number of hydrogen-bond donors (Lipinski definition) is 6. The Bertz CT molecular complexity index is 5100. The Kier molecular flexibility index (Phi) is 40.3. The number of carboxylic acid groups (broad SMARTS) is 1. The fourth-order valence-electron chi connectivity index (χ4n) is 18.5. The SMILES string of the molecule is CC[C@H](C)[C@@H]([C@@H](CC(=O)N1CCC[C@H]1[C@H](OC)[C@@H](C)C(=O)N[C@@H](Cc1ccccc1)c1nccs1)OC)N(C)C(=O)[C@@H](NC(=O)[C@H](C(C)C)N(C)C(=O)OCc1ccc(NC(=O)[C@H](C)NC(=O)[C@@H](NC(=O)CCC(=O)N(CCOCCOCCC(=O)O)C2CCN(C(=O)CCn3c(CN(C)N(C)C(=O)OCC4c5ccccc5-c5ccccc54)cc4ccccc43)CC2)C(C)C)cc1)C(C)C. The topological polar surface area (TPSA) is 381 Å². The molecule has 0 saturated carbocycles. The number of ether oxygens (including phenoxy) is 6. The summed E-state index contributed by atoms with van der Waals surface area (Å²) in [5.41, 5.74) is 8.26. The molecule has 33 nitrogen and oxygen atoms in total. The lowest BCUT2D eigenvalue weighted by Crippen LogP contribution is -2.60. The fraction of sp³-hybridized carbons (Fsp3) is 0.539. The highest BCUT2D eigenvalue weighted by Crippen LogP contribution is 2.45. The van der Waals surface area contributed by atoms with Crippen molar-refractivity contribution < 1.29 is 91.1 Å². The summed E-state index contributed by atoms with van der Waals surface area (Å²) < 4.78 is 37.4. The van der Waals surface area contributed by atoms with Crippen LogP contribution < -0.4 is 26.6 Å². The Morgan fingerprint density at radius 1 is 0.603 bits per heavy atom. The van der Waals surface area contributed by atoms with Crippen molar-refractivity contribution >= 4 is 99.2 Å². The van der Waals surface area contributed by atoms with Gasteiger partial charge in [0.25, 0.3) is 0 Å². The Balaban J connectivity index is 0.670. The molecule has 2 saturated heterocycles. The summed E-state index contributed by atoms with van der Waals surface area (Å²) >= 11 is 1.47. The zero-order chi connectivity index (χ0) is 98.6. The van der Waals surface area contributed by atoms with E-state index in [2.05, 4.69) is 66.5 Å². The standard InChI is InChI=1S/C102H140N14O19S/c1-17-67(8)93(84(130-15)60-88(120)116-48-27-36-83(116)94(131-16)68(9)95(123)106-81(99-103-47-57-136-99)58-70-28-19-18-20-29-70)110(12)100(127)91(65(4)5)108-98(126)92(66(6)7)111(13)101(128)134-62-71-37-39-73(40-38-71)105-96(124)69(10)104-97(125)90(64(2)3)107-85(117)41-42-87(119)115(52-54-133-56-55-132-53-46-89(121)122)74-43-49-113(50-44-74)86(118)45-51-114-75(59-72-30-21-26-35-82(72)114)61-109(11)112(14)102(129)135-63-80-78-33-24-22-31-76(78)77-32-23-25-34-79(77)80/h18-26,28-35,37-40,47,57,59,64-69,74,80-81,83-84,90-94H,17,27,36,41-46,48-56,58,60-63H2,1-16H3,(H,104,125)(H,105,124)(H,106,123)(H,107,117)(H,108,126)(H,121,122)/t67-,68+,69-,81-,83-,84+,90-,91-,92-,93-,94+/m0/s1. The van der Waals surface area contributed by atoms with Gasteiger partial charge in [0.05, 0.1) is 82.1 Å². The first-order chi connectivity index (χ1) is 65.1. The number of hydrazine groups is 1. The predicted molar refractivity (Wildman–Crippen MR) is 517 cm³/mol. The van der Waals surface area contributed by atoms with Crippen LogP contribution in [-0.4, -0.2) is 277 Å². The summed E-state index contributed by atoms with van der Waals surface area (Å²) in [6.07, 6.45) is 1.74. The number of likely N-dealkylation sites (N-methyl/N-ethyl adjacent to an activating group) is 2. The normalized spacial score (nSPS) is 16.1. The number of amides is 11. The number of aryl methyl sites for hydroxylation is 1. The van der Waals surface area contributed by atoms with Crippen molar-refractivity contribution in [3.05, 3.63) is 178 Å². The number of carbonyl (C=O) groups is 12. The van der Waals surface area contributed by atoms with Crippen LogP contribution in [0, 0.1) is 29.6 Å². The van der Waals surface area contributed by atoms with E-state index in [1.165, 1.54) is 42.3 Å². The third kappa shape index (κ3) is 28.5. The van der Waals surface area contributed by atoms with Crippen LogP contribution >= 0.6 is 11.3 Å². The first kappa shape index (κ1) is 106. The summed E-state index contributed by atoms with van der Waals surface area (Å²) in [6, 6.07) is 36.5. The summed E-state index contributed by atoms with van der Waals surface area (Å²) in [6.45, 7) is 20.2. The second kappa shape index (κ2) is 51.5. The van der Waals surface area contributed by atoms with E-state index in [-0.39, 0.29) is 126 Å². The molecule has 6 N–H and O–H groups in total. The highest BCUT2D eigenvalue weighted by Gasteiger charge is 2.45. The smallest absolute Gasteiger partial charge is 0.424 e. The van der Waals surface area contributed by atoms with Gasteiger partial charge in [0.15, 0.2) is 0 Å². The Labute approximate surface area is 803 Å². The van der Waals surface area contributed by atoms with Gasteiger partial charge in [-0.1, -0.05) is 178 Å². The number of carboxylic acids is 1. The Morgan fingerprint density at radius 3 is 1.88 bits per heavy atom. The second-order valence-corrected chi connectivity index (χ2v) is 37.7. The molecule has 0 bridgehead atoms. The van der Waals surface area contributed by atoms with Crippen molar-refractivity contribution in [3.8, 4) is 11.1 Å². The quantitative estimate of drug-likeness (QED) is 0.0152. The second-order valence-electron chi connectivity index (χ2n) is 36.8. The molecular formula is C102H140N14O19S. The number of benzene rings is 5. The number of piperidine rings is 1. The van der Waals surface area contributed by atoms with Crippen molar-refractivity contribution in [2.75, 3.05) is 107 Å². The van der Waals surface area contributed by atoms with Crippen molar-refractivity contribution in [1.82, 2.24) is 65.3 Å². The van der Waals surface area contributed by atoms with Crippen LogP contribution in [0.4, 0.5) is 15.3 Å². The number of likely N-dealkylation sites (tertiary alicyclic amines) is 2. The highest BCUT2D eigenvalue weighted by molar-refractivity contribution is 7.09. The zero-order valence-electron chi connectivity index (χ0n) is 81.6. The first-order valence-corrected chi connectivity index (χ1v) is 48.4. The number of aliphatic carboxylic acids is 1. The fourth-order valence-corrected chi connectivity index (χ4v) is 19.2. The van der Waals surface area contributed by atoms with Gasteiger partial charge in [0.2, 0.25) is 53.2 Å². The number of nitrogens with zero attached hydrogens (tertiary/aromatic N) is 9. The number of anilines is 1. The van der Waals surface area contributed by atoms with E-state index in [4.69, 9.17) is 33.5 Å². The molecule has 34 heteroatoms. The summed E-state index contributed by atoms with van der Waals surface area (Å²) in [5.74, 6) is -6.91. The van der Waals surface area contributed by atoms with E-state index < -0.39 is 120 Å². The minimum Gasteiger partial charge on any atom is -0.481 e. The Morgan fingerprint density at radius 2 is 1.25 bits per heavy atom. The van der Waals surface area contributed by atoms with Gasteiger partial charge >= 0.3 is 18.2 Å². The molecular weight excluding hydrogens is 1760 g/mol. The van der Waals surface area contributed by atoms with Crippen molar-refractivity contribution in [2.24, 2.45) is 29.6 Å². The van der Waals surface area contributed by atoms with Gasteiger partial charge in [0, 0.05) is 135 Å². The van der Waals surface area contributed by atoms with Crippen molar-refractivity contribution in [2.45, 2.75) is 226 Å². The molecule has 2 aromatic heterocycles. The van der Waals surface area contributed by atoms with Gasteiger partial charge in [-0.3, -0.25) is 52.8 Å². The van der Waals surface area contributed by atoms with E-state index in [9.17, 15) is 57.5 Å². The van der Waals surface area contributed by atoms with Gasteiger partial charge in [-0.05, 0) is 126 Å². The monoisotopic (exact) mass is 1900 g/mol. The Hall–Kier alpha value is -11.7. The summed E-state index contributed by atoms with van der Waals surface area (Å²) in [5, 5.41) is 30.4. The summed E-state index contributed by atoms with van der Waals surface area (Å²) in [4.78, 5) is 180. The van der Waals surface area contributed by atoms with Crippen molar-refractivity contribution in [1.29, 1.82) is 0 Å². The average molecular weight is 1900 g/mol. The molecule has 136 heavy (non-hydrogen) atoms. The predicted octanol–water partition coefficient (Wildman–Crippen LogP) is 11.9. The molecule has 0 radical (unpaired) electrons. The molecule has 2 fully saturated rings. The van der Waals surface area contributed by atoms with Gasteiger partial charge in [-0.25, -0.2) is 24.6 Å². The lowest BCUT2D eigenvalue weighted by atomic mass is 9.89. The largest absolute Gasteiger partial charge is 0.481 e. The maximum Gasteiger partial charge on any atom is 0.424 e. The molecule has 2 aliphatic heterocycles. The number of para-hydroxylation sites is 1. The van der Waals surface area contributed by atoms with Crippen LogP contribution in [0.15, 0.2) is 145 Å². The van der Waals surface area contributed by atoms with Crippen LogP contribution in [0.5, 0.6) is 0 Å². The molecule has 738 valence electrons. The van der Waals surface area contributed by atoms with Crippen LogP contribution in [0.1, 0.15) is 178 Å². The molecule has 4 heterocycles. The van der Waals surface area contributed by atoms with Crippen LogP contribution in [-0.2, 0) is 102 Å². The van der Waals surface area contributed by atoms with E-state index in [0.29, 0.717) is 82.5 Å². The zero-order valence-corrected chi connectivity index (χ0v) is 82.4. The van der Waals surface area contributed by atoms with Gasteiger partial charge in [0.1, 0.15) is 42.4 Å². The highest BCUT2D eigenvalue weighted by atomic mass is 32.1. The average Bonchev–Trinajstić information content (AvgIpc) is 1.61. The number of carbonyl (C=O) groups excluding carboxylic acids is 11. The van der Waals surface area contributed by atoms with E-state index in [1.54, 1.807) is 104 Å². The maximum atomic E-state index is 15.0. The molecule has 10 rings (SSSR count). The molecule has 7 aromatic rings. The molecule has 5 aromatic carbocycles. The van der Waals surface area contributed by atoms with Gasteiger partial charge in [-0.15, -0.1) is 11.3 Å². The summed E-state index contributed by atoms with van der Waals surface area (Å²) in [7, 11) is 9.66. The third-order valence-corrected chi connectivity index (χ3v) is 27.3. The van der Waals surface area contributed by atoms with E-state index in [1.807, 2.05) is 126 Å². The first-order valence-electron chi connectivity index (χ1n) is 47.5. The lowest BCUT2D eigenvalue weighted by Gasteiger charge is -2.41. The third-order valence-electron chi connectivity index (χ3n) is 26.4. The van der Waals surface area contributed by atoms with Crippen molar-refractivity contribution in [3.63, 3.8) is 0 Å². The van der Waals surface area contributed by atoms with Gasteiger partial charge < -0.3 is 84.3 Å². The number of aromatic nitrogens is 2. The number of fused-ring (bicyclic) bond motifs is 4. The number of thiazole rings is 1. The minimum atomic E-state index is -1.10. The molecule has 11 amide bonds. The van der Waals surface area contributed by atoms with Crippen LogP contribution in [0.3, 0.4) is 0 Å². The van der Waals surface area contributed by atoms with E-state index >= 15 is 0 Å². The van der Waals surface area contributed by atoms with E-state index in [0.717, 1.165) is 49.4 Å². The molecule has 0 unspecified atom stereocenters. The molecule has 3 aliphatic rings. The number of hydrogen-bond acceptors (Lipinski definition) is 21. The van der Waals surface area contributed by atoms with Crippen LogP contribution in [0.2, 0.25) is 0 Å². The van der Waals surface area contributed by atoms with Gasteiger partial charge in [-0.2, -0.15) is 0 Å². The number of nitrogens with one attached hydrogen (secondary N) is 5. The minimum absolute atomic E-state index is 0.00949. The maximum absolute atomic E-state index is 15.0. The number of rotatable bonds is 50.